The number of carbonyl (C=O) groups is 1. The van der Waals surface area contributed by atoms with Gasteiger partial charge in [0.15, 0.2) is 5.75 Å². The third-order valence-corrected chi connectivity index (χ3v) is 2.79. The molecule has 0 unspecified atom stereocenters. The number of nitro benzene ring substituents is 1. The van der Waals surface area contributed by atoms with E-state index in [4.69, 9.17) is 0 Å². The Bertz CT molecular complexity index is 504. The average molecular weight is 303 g/mol. The highest BCUT2D eigenvalue weighted by atomic mass is 79.9. The molecule has 0 bridgehead atoms. The number of nitrogens with zero attached hydrogens (tertiary/aromatic N) is 1. The fourth-order valence-electron chi connectivity index (χ4n) is 1.56. The lowest BCUT2D eigenvalue weighted by Gasteiger charge is -2.10. The number of benzene rings is 1. The topological polar surface area (TPSA) is 102 Å². The summed E-state index contributed by atoms with van der Waals surface area (Å²) in [7, 11) is 0. The highest BCUT2D eigenvalue weighted by molar-refractivity contribution is 9.10. The van der Waals surface area contributed by atoms with Gasteiger partial charge in [-0.3, -0.25) is 10.1 Å². The number of nitrogens with one attached hydrogen (secondary N) is 1. The predicted molar refractivity (Wildman–Crippen MR) is 59.7 cm³/mol. The molecule has 0 spiro atoms. The van der Waals surface area contributed by atoms with Crippen molar-refractivity contribution in [3.63, 3.8) is 0 Å². The van der Waals surface area contributed by atoms with Gasteiger partial charge in [-0.1, -0.05) is 15.9 Å². The smallest absolute Gasteiger partial charge is 0.407 e. The molecular formula is C9H7BrN2O5. The van der Waals surface area contributed by atoms with Crippen LogP contribution in [0, 0.1) is 10.1 Å². The van der Waals surface area contributed by atoms with Crippen molar-refractivity contribution < 1.29 is 19.6 Å². The lowest BCUT2D eigenvalue weighted by molar-refractivity contribution is -0.386. The molecule has 90 valence electrons. The van der Waals surface area contributed by atoms with Gasteiger partial charge >= 0.3 is 11.8 Å². The molecule has 1 aliphatic rings. The molecule has 1 fully saturated rings. The highest BCUT2D eigenvalue weighted by Gasteiger charge is 2.30. The van der Waals surface area contributed by atoms with Crippen LogP contribution in [0.25, 0.3) is 0 Å². The summed E-state index contributed by atoms with van der Waals surface area (Å²) in [5.41, 5.74) is -0.174. The van der Waals surface area contributed by atoms with E-state index in [9.17, 15) is 20.0 Å². The number of cyclic esters (lactones) is 1. The van der Waals surface area contributed by atoms with E-state index in [-0.39, 0.29) is 12.2 Å². The summed E-state index contributed by atoms with van der Waals surface area (Å²) in [5.74, 6) is -0.464. The molecule has 1 amide bonds. The molecule has 0 aromatic heterocycles. The van der Waals surface area contributed by atoms with Gasteiger partial charge in [0.1, 0.15) is 6.61 Å². The SMILES string of the molecule is O=C1N[C@H](c2cc(Br)cc([N+](=O)[O-])c2O)CO1. The standard InChI is InChI=1S/C9H7BrN2O5/c10-4-1-5(6-3-17-9(14)11-6)8(13)7(2-4)12(15)16/h1-2,6,13H,3H2,(H,11,14)/t6-/m0/s1. The van der Waals surface area contributed by atoms with E-state index in [2.05, 4.69) is 26.0 Å². The zero-order valence-corrected chi connectivity index (χ0v) is 9.93. The van der Waals surface area contributed by atoms with E-state index in [1.807, 2.05) is 0 Å². The third-order valence-electron chi connectivity index (χ3n) is 2.33. The minimum Gasteiger partial charge on any atom is -0.502 e. The third kappa shape index (κ3) is 2.16. The van der Waals surface area contributed by atoms with E-state index >= 15 is 0 Å². The maximum Gasteiger partial charge on any atom is 0.407 e. The molecule has 2 N–H and O–H groups in total. The van der Waals surface area contributed by atoms with Crippen molar-refractivity contribution in [1.82, 2.24) is 5.32 Å². The number of rotatable bonds is 2. The molecule has 1 aliphatic heterocycles. The number of halogens is 1. The first kappa shape index (κ1) is 11.6. The molecule has 1 saturated heterocycles. The molecule has 1 aromatic carbocycles. The van der Waals surface area contributed by atoms with Gasteiger partial charge in [-0.25, -0.2) is 4.79 Å². The van der Waals surface area contributed by atoms with Crippen LogP contribution in [-0.2, 0) is 4.74 Å². The molecule has 1 aromatic rings. The molecule has 8 heteroatoms. The fraction of sp³-hybridized carbons (Fsp3) is 0.222. The van der Waals surface area contributed by atoms with Crippen molar-refractivity contribution in [2.75, 3.05) is 6.61 Å². The Morgan fingerprint density at radius 1 is 1.59 bits per heavy atom. The quantitative estimate of drug-likeness (QED) is 0.641. The molecule has 17 heavy (non-hydrogen) atoms. The van der Waals surface area contributed by atoms with Gasteiger partial charge in [-0.2, -0.15) is 0 Å². The van der Waals surface area contributed by atoms with Crippen molar-refractivity contribution in [1.29, 1.82) is 0 Å². The minimum absolute atomic E-state index is 0.0278. The first-order chi connectivity index (χ1) is 7.99. The molecule has 1 heterocycles. The highest BCUT2D eigenvalue weighted by Crippen LogP contribution is 2.37. The average Bonchev–Trinajstić information content (AvgIpc) is 2.67. The minimum atomic E-state index is -0.693. The zero-order chi connectivity index (χ0) is 12.6. The second-order valence-corrected chi connectivity index (χ2v) is 4.33. The number of phenols is 1. The number of nitro groups is 1. The van der Waals surface area contributed by atoms with E-state index in [1.165, 1.54) is 12.1 Å². The maximum absolute atomic E-state index is 10.9. The van der Waals surface area contributed by atoms with Crippen LogP contribution >= 0.6 is 15.9 Å². The van der Waals surface area contributed by atoms with Gasteiger partial charge in [0, 0.05) is 16.1 Å². The second-order valence-electron chi connectivity index (χ2n) is 3.42. The summed E-state index contributed by atoms with van der Waals surface area (Å²) in [6, 6.07) is 2.11. The Kier molecular flexibility index (Phi) is 2.88. The van der Waals surface area contributed by atoms with Crippen LogP contribution < -0.4 is 5.32 Å². The number of carbonyl (C=O) groups excluding carboxylic acids is 1. The lowest BCUT2D eigenvalue weighted by Crippen LogP contribution is -2.18. The summed E-state index contributed by atoms with van der Waals surface area (Å²) in [6.45, 7) is 0.0278. The summed E-state index contributed by atoms with van der Waals surface area (Å²) in [6.07, 6.45) is -0.614. The monoisotopic (exact) mass is 302 g/mol. The van der Waals surface area contributed by atoms with Gasteiger partial charge in [0.25, 0.3) is 0 Å². The Labute approximate surface area is 104 Å². The van der Waals surface area contributed by atoms with Crippen LogP contribution in [0.5, 0.6) is 5.75 Å². The number of phenolic OH excluding ortho intramolecular Hbond substituents is 1. The Hall–Kier alpha value is -1.83. The van der Waals surface area contributed by atoms with Crippen LogP contribution in [-0.4, -0.2) is 22.7 Å². The van der Waals surface area contributed by atoms with E-state index in [0.717, 1.165) is 0 Å². The molecule has 0 saturated carbocycles. The Balaban J connectivity index is 2.46. The van der Waals surface area contributed by atoms with Crippen LogP contribution in [0.2, 0.25) is 0 Å². The number of hydrogen-bond acceptors (Lipinski definition) is 5. The largest absolute Gasteiger partial charge is 0.502 e. The van der Waals surface area contributed by atoms with Gasteiger partial charge in [-0.15, -0.1) is 0 Å². The number of alkyl carbamates (subject to hydrolysis) is 1. The van der Waals surface area contributed by atoms with Crippen molar-refractivity contribution in [2.45, 2.75) is 6.04 Å². The maximum atomic E-state index is 10.9. The number of amides is 1. The van der Waals surface area contributed by atoms with Gasteiger partial charge in [-0.05, 0) is 6.07 Å². The lowest BCUT2D eigenvalue weighted by atomic mass is 10.1. The van der Waals surface area contributed by atoms with Crippen LogP contribution in [0.4, 0.5) is 10.5 Å². The van der Waals surface area contributed by atoms with Crippen molar-refractivity contribution in [3.8, 4) is 5.75 Å². The van der Waals surface area contributed by atoms with E-state index < -0.39 is 28.5 Å². The van der Waals surface area contributed by atoms with Crippen LogP contribution in [0.15, 0.2) is 16.6 Å². The summed E-state index contributed by atoms with van der Waals surface area (Å²) in [4.78, 5) is 20.9. The molecule has 0 radical (unpaired) electrons. The van der Waals surface area contributed by atoms with Crippen LogP contribution in [0.1, 0.15) is 11.6 Å². The summed E-state index contributed by atoms with van der Waals surface area (Å²) >= 11 is 3.11. The van der Waals surface area contributed by atoms with E-state index in [1.54, 1.807) is 0 Å². The van der Waals surface area contributed by atoms with Crippen LogP contribution in [0.3, 0.4) is 0 Å². The first-order valence-corrected chi connectivity index (χ1v) is 5.38. The first-order valence-electron chi connectivity index (χ1n) is 4.59. The molecular weight excluding hydrogens is 296 g/mol. The molecule has 2 rings (SSSR count). The molecule has 1 atom stereocenters. The number of hydrogen-bond donors (Lipinski definition) is 2. The predicted octanol–water partition coefficient (Wildman–Crippen LogP) is 1.84. The molecule has 7 nitrogen and oxygen atoms in total. The van der Waals surface area contributed by atoms with E-state index in [0.29, 0.717) is 4.47 Å². The molecule has 0 aliphatic carbocycles. The van der Waals surface area contributed by atoms with Gasteiger partial charge in [0.2, 0.25) is 0 Å². The van der Waals surface area contributed by atoms with Gasteiger partial charge < -0.3 is 15.2 Å². The summed E-state index contributed by atoms with van der Waals surface area (Å²) < 4.78 is 5.11. The Morgan fingerprint density at radius 2 is 2.29 bits per heavy atom. The van der Waals surface area contributed by atoms with Gasteiger partial charge in [0.05, 0.1) is 11.0 Å². The second kappa shape index (κ2) is 4.21. The van der Waals surface area contributed by atoms with Crippen molar-refractivity contribution in [3.05, 3.63) is 32.3 Å². The number of ether oxygens (including phenoxy) is 1. The fourth-order valence-corrected chi connectivity index (χ4v) is 2.03. The Morgan fingerprint density at radius 3 is 2.82 bits per heavy atom. The normalized spacial score (nSPS) is 18.6. The summed E-state index contributed by atoms with van der Waals surface area (Å²) in [5, 5.41) is 22.9. The van der Waals surface area contributed by atoms with Crippen molar-refractivity contribution >= 4 is 27.7 Å². The number of aromatic hydroxyl groups is 1. The zero-order valence-electron chi connectivity index (χ0n) is 8.34. The van der Waals surface area contributed by atoms with Crippen molar-refractivity contribution in [2.24, 2.45) is 0 Å².